The quantitative estimate of drug-likeness (QED) is 0.597. The number of carbonyl (C=O) groups is 1. The Hall–Kier alpha value is -3.40. The van der Waals surface area contributed by atoms with E-state index in [9.17, 15) is 9.59 Å². The first-order valence-electron chi connectivity index (χ1n) is 11.5. The molecule has 0 radical (unpaired) electrons. The molecule has 3 aromatic rings. The molecule has 2 saturated heterocycles. The fourth-order valence-electron chi connectivity index (χ4n) is 4.68. The molecule has 10 nitrogen and oxygen atoms in total. The summed E-state index contributed by atoms with van der Waals surface area (Å²) in [6.07, 6.45) is 6.65. The summed E-state index contributed by atoms with van der Waals surface area (Å²) >= 11 is 0. The Labute approximate surface area is 190 Å². The van der Waals surface area contributed by atoms with E-state index < -0.39 is 0 Å². The second-order valence-corrected chi connectivity index (χ2v) is 8.88. The van der Waals surface area contributed by atoms with E-state index in [1.807, 2.05) is 21.9 Å². The molecule has 10 heteroatoms. The van der Waals surface area contributed by atoms with Crippen molar-refractivity contribution in [3.63, 3.8) is 0 Å². The van der Waals surface area contributed by atoms with Crippen LogP contribution in [-0.4, -0.2) is 69.4 Å². The predicted octanol–water partition coefficient (Wildman–Crippen LogP) is 1.69. The number of anilines is 2. The van der Waals surface area contributed by atoms with Crippen LogP contribution in [0.3, 0.4) is 0 Å². The van der Waals surface area contributed by atoms with Gasteiger partial charge < -0.3 is 19.3 Å². The Bertz CT molecular complexity index is 1260. The number of piperidine rings is 1. The Morgan fingerprint density at radius 3 is 2.76 bits per heavy atom. The number of aromatic nitrogens is 4. The van der Waals surface area contributed by atoms with Crippen molar-refractivity contribution < 1.29 is 14.3 Å². The minimum absolute atomic E-state index is 0.00826. The molecule has 6 rings (SSSR count). The monoisotopic (exact) mass is 450 g/mol. The van der Waals surface area contributed by atoms with Gasteiger partial charge in [0.25, 0.3) is 5.91 Å². The third-order valence-corrected chi connectivity index (χ3v) is 6.57. The summed E-state index contributed by atoms with van der Waals surface area (Å²) in [5, 5.41) is 4.52. The molecule has 0 atom stereocenters. The third kappa shape index (κ3) is 3.64. The second kappa shape index (κ2) is 8.18. The molecule has 0 aromatic carbocycles. The van der Waals surface area contributed by atoms with Crippen LogP contribution in [0.5, 0.6) is 5.75 Å². The summed E-state index contributed by atoms with van der Waals surface area (Å²) < 4.78 is 14.1. The number of amides is 1. The minimum atomic E-state index is -0.148. The van der Waals surface area contributed by atoms with Crippen LogP contribution in [0.2, 0.25) is 0 Å². The number of fused-ring (bicyclic) bond motifs is 2. The lowest BCUT2D eigenvalue weighted by molar-refractivity contribution is -0.0412. The minimum Gasteiger partial charge on any atom is -0.488 e. The van der Waals surface area contributed by atoms with Gasteiger partial charge in [-0.2, -0.15) is 0 Å². The normalized spacial score (nSPS) is 18.7. The van der Waals surface area contributed by atoms with Gasteiger partial charge in [-0.3, -0.25) is 9.20 Å². The smallest absolute Gasteiger partial charge is 0.350 e. The van der Waals surface area contributed by atoms with Crippen LogP contribution in [0.4, 0.5) is 11.5 Å². The molecule has 33 heavy (non-hydrogen) atoms. The number of ether oxygens (including phenoxy) is 2. The molecule has 0 spiro atoms. The van der Waals surface area contributed by atoms with Crippen molar-refractivity contribution in [2.75, 3.05) is 44.4 Å². The first kappa shape index (κ1) is 20.2. The largest absolute Gasteiger partial charge is 0.488 e. The zero-order valence-electron chi connectivity index (χ0n) is 18.4. The third-order valence-electron chi connectivity index (χ3n) is 6.57. The Morgan fingerprint density at radius 2 is 1.97 bits per heavy atom. The molecule has 2 fully saturated rings. The van der Waals surface area contributed by atoms with Crippen molar-refractivity contribution in [3.8, 4) is 5.75 Å². The van der Waals surface area contributed by atoms with E-state index in [0.29, 0.717) is 61.6 Å². The maximum atomic E-state index is 12.9. The molecule has 1 amide bonds. The van der Waals surface area contributed by atoms with Crippen molar-refractivity contribution in [2.24, 2.45) is 5.92 Å². The van der Waals surface area contributed by atoms with Crippen LogP contribution in [-0.2, 0) is 11.3 Å². The maximum Gasteiger partial charge on any atom is 0.350 e. The average molecular weight is 450 g/mol. The number of carbonyl (C=O) groups excluding carboxylic acids is 1. The lowest BCUT2D eigenvalue weighted by Gasteiger charge is -2.31. The number of rotatable bonds is 4. The zero-order valence-corrected chi connectivity index (χ0v) is 18.4. The highest BCUT2D eigenvalue weighted by Gasteiger charge is 2.26. The molecule has 172 valence electrons. The van der Waals surface area contributed by atoms with Crippen molar-refractivity contribution in [2.45, 2.75) is 25.8 Å². The van der Waals surface area contributed by atoms with Crippen LogP contribution >= 0.6 is 0 Å². The van der Waals surface area contributed by atoms with E-state index in [2.05, 4.69) is 10.1 Å². The van der Waals surface area contributed by atoms with E-state index in [-0.39, 0.29) is 11.6 Å². The van der Waals surface area contributed by atoms with Crippen molar-refractivity contribution in [1.29, 1.82) is 0 Å². The molecule has 6 heterocycles. The van der Waals surface area contributed by atoms with Gasteiger partial charge in [0.15, 0.2) is 17.2 Å². The van der Waals surface area contributed by atoms with Crippen LogP contribution in [0.15, 0.2) is 35.4 Å². The van der Waals surface area contributed by atoms with E-state index in [0.717, 1.165) is 31.6 Å². The summed E-state index contributed by atoms with van der Waals surface area (Å²) in [5.41, 5.74) is 1.87. The van der Waals surface area contributed by atoms with Gasteiger partial charge in [0.1, 0.15) is 6.61 Å². The van der Waals surface area contributed by atoms with Crippen LogP contribution in [0.1, 0.15) is 29.6 Å². The molecule has 0 unspecified atom stereocenters. The fraction of sp³-hybridized carbons (Fsp3) is 0.478. The van der Waals surface area contributed by atoms with Gasteiger partial charge in [-0.1, -0.05) is 0 Å². The number of nitrogens with zero attached hydrogens (tertiary/aromatic N) is 6. The fourth-order valence-corrected chi connectivity index (χ4v) is 4.68. The average Bonchev–Trinajstić information content (AvgIpc) is 3.15. The first-order valence-corrected chi connectivity index (χ1v) is 11.5. The zero-order chi connectivity index (χ0) is 22.4. The highest BCUT2D eigenvalue weighted by atomic mass is 16.5. The lowest BCUT2D eigenvalue weighted by Crippen LogP contribution is -2.36. The van der Waals surface area contributed by atoms with Crippen LogP contribution < -0.4 is 15.3 Å². The molecule has 3 aliphatic heterocycles. The van der Waals surface area contributed by atoms with Gasteiger partial charge in [-0.25, -0.2) is 14.5 Å². The van der Waals surface area contributed by atoms with E-state index in [1.54, 1.807) is 22.9 Å². The Kier molecular flexibility index (Phi) is 5.01. The molecule has 0 bridgehead atoms. The lowest BCUT2D eigenvalue weighted by atomic mass is 10.1. The van der Waals surface area contributed by atoms with Crippen molar-refractivity contribution >= 4 is 23.1 Å². The number of pyridine rings is 2. The van der Waals surface area contributed by atoms with Gasteiger partial charge in [0, 0.05) is 43.2 Å². The van der Waals surface area contributed by atoms with E-state index >= 15 is 0 Å². The van der Waals surface area contributed by atoms with Crippen LogP contribution in [0.25, 0.3) is 5.65 Å². The van der Waals surface area contributed by atoms with Gasteiger partial charge in [-0.15, -0.1) is 5.10 Å². The second-order valence-electron chi connectivity index (χ2n) is 8.88. The van der Waals surface area contributed by atoms with Gasteiger partial charge in [0.05, 0.1) is 31.9 Å². The van der Waals surface area contributed by atoms with Gasteiger partial charge in [0.2, 0.25) is 0 Å². The highest BCUT2D eigenvalue weighted by molar-refractivity contribution is 5.95. The van der Waals surface area contributed by atoms with E-state index in [4.69, 9.17) is 9.47 Å². The van der Waals surface area contributed by atoms with Crippen molar-refractivity contribution in [3.05, 3.63) is 46.6 Å². The van der Waals surface area contributed by atoms with Crippen LogP contribution in [0, 0.1) is 5.92 Å². The highest BCUT2D eigenvalue weighted by Crippen LogP contribution is 2.35. The molecule has 0 aliphatic carbocycles. The summed E-state index contributed by atoms with van der Waals surface area (Å²) in [6.45, 7) is 4.58. The molecule has 0 N–H and O–H groups in total. The number of hydrogen-bond donors (Lipinski definition) is 0. The SMILES string of the molecule is O=C(c1cnc2c(c1)OCCN2c1ccn2c(=O)n(CC3COC3)nc2c1)N1CCCCC1. The summed E-state index contributed by atoms with van der Waals surface area (Å²) in [5.74, 6) is 1.60. The summed E-state index contributed by atoms with van der Waals surface area (Å²) in [6, 6.07) is 5.57. The number of hydrogen-bond acceptors (Lipinski definition) is 7. The molecule has 3 aliphatic rings. The van der Waals surface area contributed by atoms with Gasteiger partial charge >= 0.3 is 5.69 Å². The summed E-state index contributed by atoms with van der Waals surface area (Å²) in [4.78, 5) is 34.1. The topological polar surface area (TPSA) is 94.2 Å². The standard InChI is InChI=1S/C23H26N6O4/c30-22(26-5-2-1-3-6-26)17-10-19-21(24-12-17)27(8-9-33-19)18-4-7-28-20(11-18)25-29(23(28)31)13-16-14-32-15-16/h4,7,10-12,16H,1-3,5-6,8-9,13-15H2. The molecule has 3 aromatic heterocycles. The number of likely N-dealkylation sites (tertiary alicyclic amines) is 1. The first-order chi connectivity index (χ1) is 16.2. The van der Waals surface area contributed by atoms with Gasteiger partial charge in [-0.05, 0) is 31.4 Å². The van der Waals surface area contributed by atoms with E-state index in [1.165, 1.54) is 11.1 Å². The molecule has 0 saturated carbocycles. The summed E-state index contributed by atoms with van der Waals surface area (Å²) in [7, 11) is 0. The Morgan fingerprint density at radius 1 is 1.12 bits per heavy atom. The van der Waals surface area contributed by atoms with Crippen molar-refractivity contribution in [1.82, 2.24) is 24.1 Å². The molecular weight excluding hydrogens is 424 g/mol. The Balaban J connectivity index is 1.29. The maximum absolute atomic E-state index is 12.9. The predicted molar refractivity (Wildman–Crippen MR) is 120 cm³/mol. The molecular formula is C23H26N6O4.